The zero-order chi connectivity index (χ0) is 17.1. The maximum absolute atomic E-state index is 11.9. The summed E-state index contributed by atoms with van der Waals surface area (Å²) in [5.41, 5.74) is 0. The van der Waals surface area contributed by atoms with E-state index in [9.17, 15) is 18.0 Å². The van der Waals surface area contributed by atoms with E-state index in [2.05, 4.69) is 9.46 Å². The second kappa shape index (κ2) is 10.4. The van der Waals surface area contributed by atoms with Crippen LogP contribution >= 0.6 is 0 Å². The summed E-state index contributed by atoms with van der Waals surface area (Å²) < 4.78 is 35.6. The van der Waals surface area contributed by atoms with Crippen LogP contribution in [0.5, 0.6) is 0 Å². The van der Waals surface area contributed by atoms with E-state index in [1.165, 1.54) is 6.42 Å². The average molecular weight is 347 g/mol. The van der Waals surface area contributed by atoms with Gasteiger partial charge in [-0.2, -0.15) is 0 Å². The predicted octanol–water partition coefficient (Wildman–Crippen LogP) is 1.15. The van der Waals surface area contributed by atoms with Gasteiger partial charge in [0, 0.05) is 18.7 Å². The van der Waals surface area contributed by atoms with Crippen LogP contribution in [0.1, 0.15) is 39.0 Å². The molecule has 0 atom stereocenters. The Kier molecular flexibility index (Phi) is 8.86. The van der Waals surface area contributed by atoms with Gasteiger partial charge in [0.05, 0.1) is 12.4 Å². The zero-order valence-corrected chi connectivity index (χ0v) is 14.3. The van der Waals surface area contributed by atoms with E-state index in [1.807, 2.05) is 0 Å². The number of carbonyl (C=O) groups excluding carboxylic acids is 2. The number of sulfonamides is 1. The van der Waals surface area contributed by atoms with Crippen LogP contribution in [-0.2, 0) is 29.1 Å². The normalized spacial score (nSPS) is 16.4. The van der Waals surface area contributed by atoms with E-state index in [0.717, 1.165) is 37.8 Å². The molecule has 132 valence electrons. The average Bonchev–Trinajstić information content (AvgIpc) is 2.50. The Morgan fingerprint density at radius 1 is 1.09 bits per heavy atom. The van der Waals surface area contributed by atoms with Gasteiger partial charge in [0.2, 0.25) is 10.0 Å². The number of hydrogen-bond acceptors (Lipinski definition) is 6. The summed E-state index contributed by atoms with van der Waals surface area (Å²) in [6.45, 7) is 1.81. The third-order valence-electron chi connectivity index (χ3n) is 3.49. The minimum absolute atomic E-state index is 0.0219. The smallest absolute Gasteiger partial charge is 0.331 e. The highest BCUT2D eigenvalue weighted by Gasteiger charge is 2.20. The highest BCUT2D eigenvalue weighted by Crippen LogP contribution is 2.24. The molecule has 1 rings (SSSR count). The molecular weight excluding hydrogens is 322 g/mol. The Labute approximate surface area is 137 Å². The molecule has 1 aliphatic rings. The molecule has 0 saturated heterocycles. The van der Waals surface area contributed by atoms with E-state index >= 15 is 0 Å². The van der Waals surface area contributed by atoms with Crippen LogP contribution in [0, 0.1) is 5.92 Å². The van der Waals surface area contributed by atoms with Crippen molar-refractivity contribution in [2.45, 2.75) is 39.0 Å². The highest BCUT2D eigenvalue weighted by molar-refractivity contribution is 7.89. The molecule has 0 unspecified atom stereocenters. The molecule has 0 aromatic rings. The molecule has 8 heteroatoms. The van der Waals surface area contributed by atoms with Crippen molar-refractivity contribution >= 4 is 22.0 Å². The lowest BCUT2D eigenvalue weighted by molar-refractivity contribution is -0.140. The summed E-state index contributed by atoms with van der Waals surface area (Å²) >= 11 is 0. The first kappa shape index (κ1) is 19.6. The van der Waals surface area contributed by atoms with Crippen molar-refractivity contribution in [1.82, 2.24) is 4.72 Å². The quantitative estimate of drug-likeness (QED) is 0.382. The molecule has 0 radical (unpaired) electrons. The van der Waals surface area contributed by atoms with E-state index in [4.69, 9.17) is 4.74 Å². The van der Waals surface area contributed by atoms with Crippen LogP contribution in [0.2, 0.25) is 0 Å². The molecule has 0 spiro atoms. The first-order valence-electron chi connectivity index (χ1n) is 7.92. The van der Waals surface area contributed by atoms with Crippen molar-refractivity contribution in [2.24, 2.45) is 5.92 Å². The fourth-order valence-electron chi connectivity index (χ4n) is 2.45. The molecule has 1 aliphatic carbocycles. The van der Waals surface area contributed by atoms with Crippen molar-refractivity contribution in [3.63, 3.8) is 0 Å². The molecule has 7 nitrogen and oxygen atoms in total. The second-order valence-electron chi connectivity index (χ2n) is 5.43. The standard InChI is InChI=1S/C15H25NO6S/c1-2-21-14(17)8-9-15(18)22-11-10-16-23(19,20)12-13-6-4-3-5-7-13/h8-9,13,16H,2-7,10-12H2,1H3/b9-8+. The summed E-state index contributed by atoms with van der Waals surface area (Å²) in [6.07, 6.45) is 7.19. The van der Waals surface area contributed by atoms with Gasteiger partial charge < -0.3 is 9.47 Å². The number of carbonyl (C=O) groups is 2. The lowest BCUT2D eigenvalue weighted by Gasteiger charge is -2.21. The maximum atomic E-state index is 11.9. The van der Waals surface area contributed by atoms with Crippen LogP contribution < -0.4 is 4.72 Å². The van der Waals surface area contributed by atoms with Gasteiger partial charge in [0.25, 0.3) is 0 Å². The first-order chi connectivity index (χ1) is 10.9. The van der Waals surface area contributed by atoms with Crippen LogP contribution in [0.15, 0.2) is 12.2 Å². The monoisotopic (exact) mass is 347 g/mol. The molecule has 0 bridgehead atoms. The fourth-order valence-corrected chi connectivity index (χ4v) is 3.91. The Bertz CT molecular complexity index is 508. The summed E-state index contributed by atoms with van der Waals surface area (Å²) in [5, 5.41) is 0. The Balaban J connectivity index is 2.19. The summed E-state index contributed by atoms with van der Waals surface area (Å²) in [4.78, 5) is 22.3. The minimum atomic E-state index is -3.35. The SMILES string of the molecule is CCOC(=O)/C=C/C(=O)OCCNS(=O)(=O)CC1CCCCC1. The molecule has 0 aromatic carbocycles. The molecule has 0 aromatic heterocycles. The molecule has 23 heavy (non-hydrogen) atoms. The number of nitrogens with one attached hydrogen (secondary N) is 1. The summed E-state index contributed by atoms with van der Waals surface area (Å²) in [7, 11) is -3.35. The van der Waals surface area contributed by atoms with Crippen LogP contribution in [0.4, 0.5) is 0 Å². The number of esters is 2. The van der Waals surface area contributed by atoms with Crippen molar-refractivity contribution in [3.05, 3.63) is 12.2 Å². The molecule has 0 aliphatic heterocycles. The third kappa shape index (κ3) is 9.35. The number of rotatable bonds is 9. The van der Waals surface area contributed by atoms with E-state index in [-0.39, 0.29) is 31.4 Å². The topological polar surface area (TPSA) is 98.8 Å². The molecule has 1 saturated carbocycles. The van der Waals surface area contributed by atoms with Gasteiger partial charge in [-0.15, -0.1) is 0 Å². The Morgan fingerprint density at radius 3 is 2.30 bits per heavy atom. The second-order valence-corrected chi connectivity index (χ2v) is 7.28. The van der Waals surface area contributed by atoms with Crippen LogP contribution in [0.3, 0.4) is 0 Å². The maximum Gasteiger partial charge on any atom is 0.331 e. The van der Waals surface area contributed by atoms with Gasteiger partial charge in [0.15, 0.2) is 0 Å². The van der Waals surface area contributed by atoms with Crippen molar-refractivity contribution in [3.8, 4) is 0 Å². The summed E-state index contributed by atoms with van der Waals surface area (Å²) in [6, 6.07) is 0. The van der Waals surface area contributed by atoms with Crippen LogP contribution in [-0.4, -0.2) is 45.9 Å². The zero-order valence-electron chi connectivity index (χ0n) is 13.5. The van der Waals surface area contributed by atoms with Gasteiger partial charge in [-0.3, -0.25) is 0 Å². The van der Waals surface area contributed by atoms with Gasteiger partial charge >= 0.3 is 11.9 Å². The van der Waals surface area contributed by atoms with E-state index in [0.29, 0.717) is 0 Å². The lowest BCUT2D eigenvalue weighted by atomic mass is 9.91. The van der Waals surface area contributed by atoms with E-state index in [1.54, 1.807) is 6.92 Å². The predicted molar refractivity (Wildman–Crippen MR) is 85.1 cm³/mol. The van der Waals surface area contributed by atoms with Crippen LogP contribution in [0.25, 0.3) is 0 Å². The van der Waals surface area contributed by atoms with Gasteiger partial charge in [0.1, 0.15) is 6.61 Å². The molecule has 0 amide bonds. The molecule has 1 fully saturated rings. The summed E-state index contributed by atoms with van der Waals surface area (Å²) in [5.74, 6) is -0.998. The van der Waals surface area contributed by atoms with Gasteiger partial charge in [-0.05, 0) is 25.7 Å². The molecular formula is C15H25NO6S. The Morgan fingerprint density at radius 2 is 1.70 bits per heavy atom. The van der Waals surface area contributed by atoms with Crippen molar-refractivity contribution in [2.75, 3.05) is 25.5 Å². The third-order valence-corrected chi connectivity index (χ3v) is 5.04. The lowest BCUT2D eigenvalue weighted by Crippen LogP contribution is -2.33. The van der Waals surface area contributed by atoms with Gasteiger partial charge in [-0.25, -0.2) is 22.7 Å². The van der Waals surface area contributed by atoms with E-state index < -0.39 is 22.0 Å². The largest absolute Gasteiger partial charge is 0.463 e. The molecule has 0 heterocycles. The van der Waals surface area contributed by atoms with Crippen molar-refractivity contribution in [1.29, 1.82) is 0 Å². The Hall–Kier alpha value is -1.41. The number of ether oxygens (including phenoxy) is 2. The first-order valence-corrected chi connectivity index (χ1v) is 9.57. The fraction of sp³-hybridized carbons (Fsp3) is 0.733. The minimum Gasteiger partial charge on any atom is -0.463 e. The van der Waals surface area contributed by atoms with Crippen molar-refractivity contribution < 1.29 is 27.5 Å². The molecule has 1 N–H and O–H groups in total. The number of hydrogen-bond donors (Lipinski definition) is 1. The van der Waals surface area contributed by atoms with Gasteiger partial charge in [-0.1, -0.05) is 19.3 Å². The highest BCUT2D eigenvalue weighted by atomic mass is 32.2.